The lowest BCUT2D eigenvalue weighted by Crippen LogP contribution is -2.59. The van der Waals surface area contributed by atoms with E-state index in [1.165, 1.54) is 29.2 Å². The van der Waals surface area contributed by atoms with Gasteiger partial charge in [-0.05, 0) is 74.6 Å². The second-order valence-corrected chi connectivity index (χ2v) is 10.7. The summed E-state index contributed by atoms with van der Waals surface area (Å²) in [5, 5.41) is 2.91. The van der Waals surface area contributed by atoms with Crippen LogP contribution in [0, 0.1) is 17.6 Å². The van der Waals surface area contributed by atoms with Crippen LogP contribution in [0.3, 0.4) is 0 Å². The van der Waals surface area contributed by atoms with Crippen LogP contribution in [0.5, 0.6) is 0 Å². The van der Waals surface area contributed by atoms with Gasteiger partial charge in [0.05, 0.1) is 0 Å². The first-order chi connectivity index (χ1) is 18.6. The van der Waals surface area contributed by atoms with Crippen molar-refractivity contribution in [2.24, 2.45) is 5.92 Å². The molecule has 0 unspecified atom stereocenters. The fraction of sp³-hybridized carbons (Fsp3) is 0.355. The molecule has 1 heterocycles. The van der Waals surface area contributed by atoms with Crippen molar-refractivity contribution in [3.63, 3.8) is 0 Å². The van der Waals surface area contributed by atoms with E-state index < -0.39 is 24.0 Å². The van der Waals surface area contributed by atoms with E-state index in [4.69, 9.17) is 9.47 Å². The minimum Gasteiger partial charge on any atom is -0.445 e. The van der Waals surface area contributed by atoms with Crippen molar-refractivity contribution in [2.75, 3.05) is 6.54 Å². The Morgan fingerprint density at radius 1 is 0.923 bits per heavy atom. The van der Waals surface area contributed by atoms with Gasteiger partial charge in [0.15, 0.2) is 0 Å². The number of rotatable bonds is 6. The largest absolute Gasteiger partial charge is 0.445 e. The first-order valence-corrected chi connectivity index (χ1v) is 13.1. The number of carbonyl (C=O) groups excluding carboxylic acids is 2. The maximum Gasteiger partial charge on any atom is 0.411 e. The fourth-order valence-electron chi connectivity index (χ4n) is 5.00. The number of amides is 2. The van der Waals surface area contributed by atoms with Crippen LogP contribution in [0.2, 0.25) is 0 Å². The number of alkyl carbamates (subject to hydrolysis) is 1. The molecule has 1 saturated heterocycles. The van der Waals surface area contributed by atoms with Gasteiger partial charge in [-0.25, -0.2) is 18.4 Å². The second-order valence-electron chi connectivity index (χ2n) is 10.7. The molecular weight excluding hydrogens is 502 g/mol. The fourth-order valence-corrected chi connectivity index (χ4v) is 5.00. The van der Waals surface area contributed by atoms with Crippen LogP contribution >= 0.6 is 0 Å². The average Bonchev–Trinajstić information content (AvgIpc) is 2.90. The third-order valence-corrected chi connectivity index (χ3v) is 6.67. The number of hydrogen-bond acceptors (Lipinski definition) is 4. The summed E-state index contributed by atoms with van der Waals surface area (Å²) in [4.78, 5) is 27.9. The summed E-state index contributed by atoms with van der Waals surface area (Å²) in [7, 11) is 0. The summed E-state index contributed by atoms with van der Waals surface area (Å²) in [5.41, 5.74) is 1.65. The Morgan fingerprint density at radius 3 is 2.03 bits per heavy atom. The van der Waals surface area contributed by atoms with Crippen molar-refractivity contribution in [2.45, 2.75) is 57.9 Å². The third kappa shape index (κ3) is 7.56. The molecule has 6 nitrogen and oxygen atoms in total. The molecule has 0 saturated carbocycles. The van der Waals surface area contributed by atoms with Gasteiger partial charge in [-0.3, -0.25) is 4.90 Å². The molecule has 1 N–H and O–H groups in total. The van der Waals surface area contributed by atoms with Gasteiger partial charge in [-0.2, -0.15) is 0 Å². The SMILES string of the molecule is CC(C)(C)OC(=O)N1CCC[C@H](C(c2ccc(F)cc2)c2ccc(F)cc2)[C@@H]1NC(=O)OCc1ccccc1. The molecule has 4 rings (SSSR count). The van der Waals surface area contributed by atoms with E-state index in [1.54, 1.807) is 45.0 Å². The molecule has 0 aliphatic carbocycles. The number of nitrogens with zero attached hydrogens (tertiary/aromatic N) is 1. The molecule has 1 aliphatic heterocycles. The Balaban J connectivity index is 1.69. The maximum atomic E-state index is 13.9. The lowest BCUT2D eigenvalue weighted by Gasteiger charge is -2.44. The van der Waals surface area contributed by atoms with Crippen LogP contribution in [-0.4, -0.2) is 35.4 Å². The highest BCUT2D eigenvalue weighted by atomic mass is 19.1. The first-order valence-electron chi connectivity index (χ1n) is 13.1. The van der Waals surface area contributed by atoms with Crippen molar-refractivity contribution in [1.82, 2.24) is 10.2 Å². The first kappa shape index (κ1) is 28.1. The summed E-state index contributed by atoms with van der Waals surface area (Å²) in [5.74, 6) is -1.48. The van der Waals surface area contributed by atoms with Crippen molar-refractivity contribution >= 4 is 12.2 Å². The van der Waals surface area contributed by atoms with E-state index in [9.17, 15) is 18.4 Å². The van der Waals surface area contributed by atoms with Gasteiger partial charge in [0.2, 0.25) is 0 Å². The Kier molecular flexibility index (Phi) is 8.84. The van der Waals surface area contributed by atoms with E-state index in [0.717, 1.165) is 16.7 Å². The molecule has 1 fully saturated rings. The van der Waals surface area contributed by atoms with Gasteiger partial charge in [-0.15, -0.1) is 0 Å². The van der Waals surface area contributed by atoms with Gasteiger partial charge in [-0.1, -0.05) is 54.6 Å². The van der Waals surface area contributed by atoms with Crippen LogP contribution in [0.4, 0.5) is 18.4 Å². The van der Waals surface area contributed by atoms with Gasteiger partial charge in [0, 0.05) is 18.4 Å². The Labute approximate surface area is 227 Å². The number of piperidine rings is 1. The molecule has 2 atom stereocenters. The predicted molar refractivity (Wildman–Crippen MR) is 144 cm³/mol. The number of nitrogens with one attached hydrogen (secondary N) is 1. The standard InChI is InChI=1S/C31H34F2N2O4/c1-31(2,3)39-30(37)35-19-7-10-26(28(35)34-29(36)38-20-21-8-5-4-6-9-21)27(22-11-15-24(32)16-12-22)23-13-17-25(33)18-14-23/h4-6,8-9,11-18,26-28H,7,10,19-20H2,1-3H3,(H,34,36)/t26-,28-/m1/s1. The Morgan fingerprint density at radius 2 is 1.49 bits per heavy atom. The molecule has 206 valence electrons. The number of carbonyl (C=O) groups is 2. The number of benzene rings is 3. The molecule has 0 aromatic heterocycles. The van der Waals surface area contributed by atoms with Crippen LogP contribution < -0.4 is 5.32 Å². The monoisotopic (exact) mass is 536 g/mol. The zero-order valence-electron chi connectivity index (χ0n) is 22.4. The zero-order valence-corrected chi connectivity index (χ0v) is 22.4. The molecule has 8 heteroatoms. The molecule has 39 heavy (non-hydrogen) atoms. The lowest BCUT2D eigenvalue weighted by atomic mass is 9.75. The molecule has 0 spiro atoms. The number of ether oxygens (including phenoxy) is 2. The number of likely N-dealkylation sites (tertiary alicyclic amines) is 1. The van der Waals surface area contributed by atoms with Gasteiger partial charge in [0.25, 0.3) is 0 Å². The van der Waals surface area contributed by atoms with Crippen molar-refractivity contribution in [3.05, 3.63) is 107 Å². The molecule has 0 bridgehead atoms. The average molecular weight is 537 g/mol. The second kappa shape index (κ2) is 12.3. The zero-order chi connectivity index (χ0) is 28.0. The third-order valence-electron chi connectivity index (χ3n) is 6.67. The Bertz CT molecular complexity index is 1200. The van der Waals surface area contributed by atoms with E-state index in [0.29, 0.717) is 19.4 Å². The van der Waals surface area contributed by atoms with Crippen molar-refractivity contribution in [3.8, 4) is 0 Å². The topological polar surface area (TPSA) is 67.9 Å². The van der Waals surface area contributed by atoms with Crippen LogP contribution in [0.25, 0.3) is 0 Å². The molecule has 3 aromatic rings. The smallest absolute Gasteiger partial charge is 0.411 e. The molecular formula is C31H34F2N2O4. The van der Waals surface area contributed by atoms with Crippen LogP contribution in [0.1, 0.15) is 56.2 Å². The highest BCUT2D eigenvalue weighted by Crippen LogP contribution is 2.40. The number of halogens is 2. The minimum atomic E-state index is -0.794. The molecule has 0 radical (unpaired) electrons. The normalized spacial score (nSPS) is 17.5. The number of hydrogen-bond donors (Lipinski definition) is 1. The van der Waals surface area contributed by atoms with E-state index in [-0.39, 0.29) is 30.1 Å². The van der Waals surface area contributed by atoms with Crippen molar-refractivity contribution in [1.29, 1.82) is 0 Å². The van der Waals surface area contributed by atoms with Crippen LogP contribution in [-0.2, 0) is 16.1 Å². The van der Waals surface area contributed by atoms with Gasteiger partial charge >= 0.3 is 12.2 Å². The Hall–Kier alpha value is -3.94. The lowest BCUT2D eigenvalue weighted by molar-refractivity contribution is -0.00858. The highest BCUT2D eigenvalue weighted by molar-refractivity contribution is 5.72. The van der Waals surface area contributed by atoms with Crippen molar-refractivity contribution < 1.29 is 27.8 Å². The van der Waals surface area contributed by atoms with Gasteiger partial charge < -0.3 is 14.8 Å². The highest BCUT2D eigenvalue weighted by Gasteiger charge is 2.42. The molecule has 1 aliphatic rings. The maximum absolute atomic E-state index is 13.9. The predicted octanol–water partition coefficient (Wildman–Crippen LogP) is 7.00. The summed E-state index contributed by atoms with van der Waals surface area (Å²) in [6.45, 7) is 5.78. The van der Waals surface area contributed by atoms with E-state index in [2.05, 4.69) is 5.32 Å². The van der Waals surface area contributed by atoms with E-state index >= 15 is 0 Å². The van der Waals surface area contributed by atoms with Crippen LogP contribution in [0.15, 0.2) is 78.9 Å². The molecule has 2 amide bonds. The van der Waals surface area contributed by atoms with Gasteiger partial charge in [0.1, 0.15) is 30.0 Å². The summed E-state index contributed by atoms with van der Waals surface area (Å²) < 4.78 is 38.9. The summed E-state index contributed by atoms with van der Waals surface area (Å²) in [6.07, 6.45) is -0.738. The molecule has 3 aromatic carbocycles. The quantitative estimate of drug-likeness (QED) is 0.369. The summed E-state index contributed by atoms with van der Waals surface area (Å²) >= 11 is 0. The minimum absolute atomic E-state index is 0.0653. The summed E-state index contributed by atoms with van der Waals surface area (Å²) in [6, 6.07) is 21.5. The van der Waals surface area contributed by atoms with E-state index in [1.807, 2.05) is 30.3 Å².